The monoisotopic (exact) mass is 134 g/mol. The molecule has 0 radical (unpaired) electrons. The van der Waals surface area contributed by atoms with Gasteiger partial charge in [-0.15, -0.1) is 0 Å². The molecule has 0 bridgehead atoms. The minimum Gasteiger partial charge on any atom is -0.465 e. The molecule has 0 unspecified atom stereocenters. The van der Waals surface area contributed by atoms with Gasteiger partial charge in [-0.05, 0) is 0 Å². The van der Waals surface area contributed by atoms with E-state index in [1.54, 1.807) is 10.6 Å². The Hall–Kier alpha value is -1.46. The van der Waals surface area contributed by atoms with E-state index in [1.165, 1.54) is 0 Å². The fourth-order valence-corrected chi connectivity index (χ4v) is 0.195. The van der Waals surface area contributed by atoms with Gasteiger partial charge in [-0.2, -0.15) is 0 Å². The van der Waals surface area contributed by atoms with Crippen LogP contribution in [0.25, 0.3) is 0 Å². The van der Waals surface area contributed by atoms with Gasteiger partial charge in [0.2, 0.25) is 0 Å². The molecule has 0 rings (SSSR count). The maximum atomic E-state index is 9.64. The molecule has 9 heavy (non-hydrogen) atoms. The molecule has 0 aromatic carbocycles. The molecule has 6 nitrogen and oxygen atoms in total. The van der Waals surface area contributed by atoms with Crippen molar-refractivity contribution in [2.75, 3.05) is 6.67 Å². The number of hydrogen-bond acceptors (Lipinski definition) is 2. The highest BCUT2D eigenvalue weighted by molar-refractivity contribution is 5.67. The molecule has 6 heteroatoms. The summed E-state index contributed by atoms with van der Waals surface area (Å²) in [5.41, 5.74) is 0. The standard InChI is InChI=1S/C3H6N2O4/c6-2(7)4-1-5-3(8)9/h4-5H,1H2,(H,6,7)(H,8,9). The van der Waals surface area contributed by atoms with Gasteiger partial charge in [-0.1, -0.05) is 0 Å². The van der Waals surface area contributed by atoms with Crippen molar-refractivity contribution >= 4 is 12.2 Å². The Labute approximate surface area is 50.5 Å². The Morgan fingerprint density at radius 2 is 1.44 bits per heavy atom. The van der Waals surface area contributed by atoms with Crippen LogP contribution in [-0.2, 0) is 0 Å². The lowest BCUT2D eigenvalue weighted by Gasteiger charge is -1.97. The molecule has 0 heterocycles. The lowest BCUT2D eigenvalue weighted by Crippen LogP contribution is -2.35. The van der Waals surface area contributed by atoms with Gasteiger partial charge < -0.3 is 20.8 Å². The number of amides is 2. The van der Waals surface area contributed by atoms with E-state index in [0.717, 1.165) is 0 Å². The quantitative estimate of drug-likeness (QED) is 0.382. The van der Waals surface area contributed by atoms with E-state index < -0.39 is 12.2 Å². The topological polar surface area (TPSA) is 98.7 Å². The van der Waals surface area contributed by atoms with Gasteiger partial charge in [0.25, 0.3) is 0 Å². The normalized spacial score (nSPS) is 8.00. The smallest absolute Gasteiger partial charge is 0.406 e. The van der Waals surface area contributed by atoms with Gasteiger partial charge in [0.15, 0.2) is 0 Å². The Morgan fingerprint density at radius 3 is 1.67 bits per heavy atom. The van der Waals surface area contributed by atoms with E-state index in [0.29, 0.717) is 0 Å². The van der Waals surface area contributed by atoms with Crippen LogP contribution in [0.4, 0.5) is 9.59 Å². The lowest BCUT2D eigenvalue weighted by molar-refractivity contribution is 0.186. The van der Waals surface area contributed by atoms with E-state index in [1.807, 2.05) is 0 Å². The van der Waals surface area contributed by atoms with Crippen LogP contribution in [0.3, 0.4) is 0 Å². The average Bonchev–Trinajstić information content (AvgIpc) is 1.63. The van der Waals surface area contributed by atoms with Crippen molar-refractivity contribution in [1.29, 1.82) is 0 Å². The molecule has 0 saturated carbocycles. The largest absolute Gasteiger partial charge is 0.465 e. The maximum absolute atomic E-state index is 9.64. The summed E-state index contributed by atoms with van der Waals surface area (Å²) >= 11 is 0. The summed E-state index contributed by atoms with van der Waals surface area (Å²) in [6.07, 6.45) is -2.52. The third-order valence-corrected chi connectivity index (χ3v) is 0.479. The average molecular weight is 134 g/mol. The predicted molar refractivity (Wildman–Crippen MR) is 27.2 cm³/mol. The molecule has 4 N–H and O–H groups in total. The number of hydrogen-bond donors (Lipinski definition) is 4. The van der Waals surface area contributed by atoms with Crippen LogP contribution in [-0.4, -0.2) is 29.1 Å². The van der Waals surface area contributed by atoms with Gasteiger partial charge in [0, 0.05) is 0 Å². The number of rotatable bonds is 2. The summed E-state index contributed by atoms with van der Waals surface area (Å²) < 4.78 is 0. The van der Waals surface area contributed by atoms with E-state index in [9.17, 15) is 9.59 Å². The first kappa shape index (κ1) is 7.54. The van der Waals surface area contributed by atoms with Crippen molar-refractivity contribution < 1.29 is 19.8 Å². The second-order valence-corrected chi connectivity index (χ2v) is 1.14. The number of carboxylic acid groups (broad SMARTS) is 2. The van der Waals surface area contributed by atoms with Gasteiger partial charge in [-0.3, -0.25) is 0 Å². The van der Waals surface area contributed by atoms with E-state index in [-0.39, 0.29) is 6.67 Å². The Balaban J connectivity index is 3.10. The van der Waals surface area contributed by atoms with E-state index in [2.05, 4.69) is 0 Å². The molecule has 0 aromatic heterocycles. The minimum atomic E-state index is -1.26. The molecule has 0 aliphatic heterocycles. The van der Waals surface area contributed by atoms with Gasteiger partial charge in [0.1, 0.15) is 0 Å². The molecule has 0 aliphatic carbocycles. The highest BCUT2D eigenvalue weighted by atomic mass is 16.4. The van der Waals surface area contributed by atoms with Crippen LogP contribution in [0.5, 0.6) is 0 Å². The maximum Gasteiger partial charge on any atom is 0.406 e. The SMILES string of the molecule is O=C(O)NCNC(=O)O. The van der Waals surface area contributed by atoms with Crippen LogP contribution < -0.4 is 10.6 Å². The molecular weight excluding hydrogens is 128 g/mol. The van der Waals surface area contributed by atoms with Crippen LogP contribution in [0.2, 0.25) is 0 Å². The Bertz CT molecular complexity index is 109. The number of carbonyl (C=O) groups is 2. The molecule has 0 saturated heterocycles. The van der Waals surface area contributed by atoms with Gasteiger partial charge >= 0.3 is 12.2 Å². The van der Waals surface area contributed by atoms with Crippen molar-refractivity contribution in [3.63, 3.8) is 0 Å². The van der Waals surface area contributed by atoms with Crippen LogP contribution >= 0.6 is 0 Å². The summed E-state index contributed by atoms with van der Waals surface area (Å²) in [4.78, 5) is 19.3. The molecule has 2 amide bonds. The molecule has 52 valence electrons. The number of nitrogens with one attached hydrogen (secondary N) is 2. The Morgan fingerprint density at radius 1 is 1.11 bits per heavy atom. The summed E-state index contributed by atoms with van der Waals surface area (Å²) in [7, 11) is 0. The predicted octanol–water partition coefficient (Wildman–Crippen LogP) is -0.521. The van der Waals surface area contributed by atoms with Crippen LogP contribution in [0.15, 0.2) is 0 Å². The summed E-state index contributed by atoms with van der Waals surface area (Å²) in [5.74, 6) is 0. The lowest BCUT2D eigenvalue weighted by atomic mass is 10.9. The van der Waals surface area contributed by atoms with Crippen molar-refractivity contribution in [3.05, 3.63) is 0 Å². The van der Waals surface area contributed by atoms with E-state index >= 15 is 0 Å². The van der Waals surface area contributed by atoms with Crippen molar-refractivity contribution in [1.82, 2.24) is 10.6 Å². The first-order valence-corrected chi connectivity index (χ1v) is 2.06. The summed E-state index contributed by atoms with van der Waals surface area (Å²) in [6.45, 7) is -0.287. The van der Waals surface area contributed by atoms with Gasteiger partial charge in [0.05, 0.1) is 6.67 Å². The van der Waals surface area contributed by atoms with Crippen LogP contribution in [0.1, 0.15) is 0 Å². The fourth-order valence-electron chi connectivity index (χ4n) is 0.195. The summed E-state index contributed by atoms with van der Waals surface area (Å²) in [5, 5.41) is 19.4. The molecule has 0 atom stereocenters. The zero-order chi connectivity index (χ0) is 7.28. The van der Waals surface area contributed by atoms with Crippen molar-refractivity contribution in [3.8, 4) is 0 Å². The second-order valence-electron chi connectivity index (χ2n) is 1.14. The molecule has 0 aliphatic rings. The highest BCUT2D eigenvalue weighted by Crippen LogP contribution is 1.58. The first-order chi connectivity index (χ1) is 4.13. The third-order valence-electron chi connectivity index (χ3n) is 0.479. The highest BCUT2D eigenvalue weighted by Gasteiger charge is 1.93. The first-order valence-electron chi connectivity index (χ1n) is 2.06. The van der Waals surface area contributed by atoms with Gasteiger partial charge in [-0.25, -0.2) is 9.59 Å². The fraction of sp³-hybridized carbons (Fsp3) is 0.333. The Kier molecular flexibility index (Phi) is 2.96. The molecule has 0 aromatic rings. The van der Waals surface area contributed by atoms with E-state index in [4.69, 9.17) is 10.2 Å². The molecule has 0 fully saturated rings. The molecule has 0 spiro atoms. The van der Waals surface area contributed by atoms with Crippen molar-refractivity contribution in [2.24, 2.45) is 0 Å². The zero-order valence-electron chi connectivity index (χ0n) is 4.42. The third kappa shape index (κ3) is 6.54. The van der Waals surface area contributed by atoms with Crippen LogP contribution in [0, 0.1) is 0 Å². The van der Waals surface area contributed by atoms with Crippen molar-refractivity contribution in [2.45, 2.75) is 0 Å². The second kappa shape index (κ2) is 3.53. The zero-order valence-corrected chi connectivity index (χ0v) is 4.42. The minimum absolute atomic E-state index is 0.287. The molecular formula is C3H6N2O4. The summed E-state index contributed by atoms with van der Waals surface area (Å²) in [6, 6.07) is 0.